The Morgan fingerprint density at radius 2 is 1.80 bits per heavy atom. The summed E-state index contributed by atoms with van der Waals surface area (Å²) in [5.41, 5.74) is 1.06. The second kappa shape index (κ2) is 4.44. The zero-order valence-corrected chi connectivity index (χ0v) is 12.1. The molecule has 1 aliphatic heterocycles. The van der Waals surface area contributed by atoms with Crippen LogP contribution in [0.1, 0.15) is 51.0 Å². The van der Waals surface area contributed by atoms with Crippen molar-refractivity contribution in [1.82, 2.24) is 5.32 Å². The summed E-state index contributed by atoms with van der Waals surface area (Å²) in [6.45, 7) is 4.47. The second-order valence-electron chi connectivity index (χ2n) is 7.14. The van der Waals surface area contributed by atoms with Gasteiger partial charge in [0, 0.05) is 6.42 Å². The highest BCUT2D eigenvalue weighted by atomic mass is 16.2. The van der Waals surface area contributed by atoms with Gasteiger partial charge in [-0.1, -0.05) is 44.2 Å². The monoisotopic (exact) mass is 271 g/mol. The van der Waals surface area contributed by atoms with Gasteiger partial charge in [-0.25, -0.2) is 0 Å². The zero-order chi connectivity index (χ0) is 14.4. The van der Waals surface area contributed by atoms with E-state index in [1.54, 1.807) is 0 Å². The third kappa shape index (κ3) is 2.15. The van der Waals surface area contributed by atoms with Crippen molar-refractivity contribution < 1.29 is 9.59 Å². The normalized spacial score (nSPS) is 32.4. The highest BCUT2D eigenvalue weighted by molar-refractivity contribution is 6.02. The molecule has 20 heavy (non-hydrogen) atoms. The highest BCUT2D eigenvalue weighted by Gasteiger charge is 2.54. The fraction of sp³-hybridized carbons (Fsp3) is 0.529. The van der Waals surface area contributed by atoms with E-state index in [1.807, 2.05) is 30.3 Å². The third-order valence-corrected chi connectivity index (χ3v) is 4.91. The molecule has 2 unspecified atom stereocenters. The van der Waals surface area contributed by atoms with E-state index in [0.29, 0.717) is 6.42 Å². The van der Waals surface area contributed by atoms with Crippen LogP contribution in [0.3, 0.4) is 0 Å². The molecule has 1 aromatic rings. The molecule has 3 nitrogen and oxygen atoms in total. The first-order valence-corrected chi connectivity index (χ1v) is 7.31. The Bertz CT molecular complexity index is 549. The molecule has 0 radical (unpaired) electrons. The highest BCUT2D eigenvalue weighted by Crippen LogP contribution is 2.58. The minimum atomic E-state index is -0.192. The Morgan fingerprint density at radius 3 is 2.40 bits per heavy atom. The Balaban J connectivity index is 2.04. The number of imide groups is 1. The molecule has 3 rings (SSSR count). The maximum atomic E-state index is 12.4. The molecule has 2 amide bonds. The van der Waals surface area contributed by atoms with E-state index in [1.165, 1.54) is 0 Å². The molecule has 1 N–H and O–H groups in total. The molecule has 1 saturated heterocycles. The first kappa shape index (κ1) is 13.3. The Morgan fingerprint density at radius 1 is 1.10 bits per heavy atom. The summed E-state index contributed by atoms with van der Waals surface area (Å²) in [7, 11) is 0. The van der Waals surface area contributed by atoms with Crippen molar-refractivity contribution in [2.75, 3.05) is 0 Å². The van der Waals surface area contributed by atoms with Gasteiger partial charge in [0.1, 0.15) is 0 Å². The Kier molecular flexibility index (Phi) is 2.96. The largest absolute Gasteiger partial charge is 0.296 e. The van der Waals surface area contributed by atoms with E-state index in [9.17, 15) is 9.59 Å². The number of hydrogen-bond donors (Lipinski definition) is 1. The van der Waals surface area contributed by atoms with Gasteiger partial charge in [-0.3, -0.25) is 14.9 Å². The number of carbonyl (C=O) groups excluding carboxylic acids is 2. The summed E-state index contributed by atoms with van der Waals surface area (Å²) in [5, 5.41) is 2.53. The van der Waals surface area contributed by atoms with Gasteiger partial charge in [0.2, 0.25) is 11.8 Å². The molecule has 1 aliphatic carbocycles. The van der Waals surface area contributed by atoms with Gasteiger partial charge in [-0.05, 0) is 35.7 Å². The van der Waals surface area contributed by atoms with Crippen molar-refractivity contribution in [1.29, 1.82) is 0 Å². The van der Waals surface area contributed by atoms with Crippen molar-refractivity contribution in [2.45, 2.75) is 45.4 Å². The number of benzene rings is 1. The Labute approximate surface area is 119 Å². The fourth-order valence-electron chi connectivity index (χ4n) is 4.22. The summed E-state index contributed by atoms with van der Waals surface area (Å²) in [6.07, 6.45) is 3.45. The van der Waals surface area contributed by atoms with Crippen LogP contribution in [0.25, 0.3) is 0 Å². The van der Waals surface area contributed by atoms with E-state index < -0.39 is 0 Å². The minimum Gasteiger partial charge on any atom is -0.296 e. The quantitative estimate of drug-likeness (QED) is 0.798. The van der Waals surface area contributed by atoms with Crippen LogP contribution >= 0.6 is 0 Å². The first-order valence-electron chi connectivity index (χ1n) is 7.31. The van der Waals surface area contributed by atoms with Crippen molar-refractivity contribution in [3.05, 3.63) is 35.9 Å². The number of rotatable bonds is 1. The average molecular weight is 271 g/mol. The number of carbonyl (C=O) groups is 2. The minimum absolute atomic E-state index is 0.111. The van der Waals surface area contributed by atoms with Crippen LogP contribution in [0, 0.1) is 10.8 Å². The summed E-state index contributed by atoms with van der Waals surface area (Å²) >= 11 is 0. The van der Waals surface area contributed by atoms with Crippen molar-refractivity contribution in [3.8, 4) is 0 Å². The molecule has 0 aromatic heterocycles. The van der Waals surface area contributed by atoms with Crippen molar-refractivity contribution in [3.63, 3.8) is 0 Å². The zero-order valence-electron chi connectivity index (χ0n) is 12.1. The maximum Gasteiger partial charge on any atom is 0.234 e. The molecule has 1 aromatic carbocycles. The lowest BCUT2D eigenvalue weighted by Crippen LogP contribution is -2.50. The molecule has 0 bridgehead atoms. The molecule has 106 valence electrons. The fourth-order valence-corrected chi connectivity index (χ4v) is 4.22. The van der Waals surface area contributed by atoms with Crippen molar-refractivity contribution in [2.24, 2.45) is 10.8 Å². The third-order valence-electron chi connectivity index (χ3n) is 4.91. The van der Waals surface area contributed by atoms with Crippen LogP contribution in [0.15, 0.2) is 30.3 Å². The number of hydrogen-bond acceptors (Lipinski definition) is 2. The molecular weight excluding hydrogens is 250 g/mol. The topological polar surface area (TPSA) is 46.2 Å². The van der Waals surface area contributed by atoms with Crippen molar-refractivity contribution >= 4 is 11.8 Å². The summed E-state index contributed by atoms with van der Waals surface area (Å²) in [4.78, 5) is 24.3. The Hall–Kier alpha value is -1.64. The molecule has 2 fully saturated rings. The molecule has 2 aliphatic rings. The molecular formula is C17H21NO2. The van der Waals surface area contributed by atoms with Gasteiger partial charge < -0.3 is 0 Å². The van der Waals surface area contributed by atoms with E-state index >= 15 is 0 Å². The summed E-state index contributed by atoms with van der Waals surface area (Å²) in [6, 6.07) is 9.90. The maximum absolute atomic E-state index is 12.4. The lowest BCUT2D eigenvalue weighted by molar-refractivity contribution is -0.140. The number of nitrogens with one attached hydrogen (secondary N) is 1. The van der Waals surface area contributed by atoms with Crippen LogP contribution in [0.5, 0.6) is 0 Å². The van der Waals surface area contributed by atoms with Crippen LogP contribution in [0.4, 0.5) is 0 Å². The molecule has 1 heterocycles. The number of amides is 2. The van der Waals surface area contributed by atoms with Gasteiger partial charge in [-0.2, -0.15) is 0 Å². The second-order valence-corrected chi connectivity index (χ2v) is 7.14. The molecule has 1 saturated carbocycles. The predicted molar refractivity (Wildman–Crippen MR) is 77.0 cm³/mol. The van der Waals surface area contributed by atoms with Crippen LogP contribution in [-0.2, 0) is 9.59 Å². The van der Waals surface area contributed by atoms with E-state index in [0.717, 1.165) is 24.8 Å². The smallest absolute Gasteiger partial charge is 0.234 e. The SMILES string of the molecule is CC1(C)CCC2(CC(=O)NC(=O)C2c2ccccc2)C1. The van der Waals surface area contributed by atoms with Crippen LogP contribution < -0.4 is 5.32 Å². The average Bonchev–Trinajstić information content (AvgIpc) is 2.65. The van der Waals surface area contributed by atoms with E-state index in [4.69, 9.17) is 0 Å². The van der Waals surface area contributed by atoms with E-state index in [-0.39, 0.29) is 28.6 Å². The molecule has 2 atom stereocenters. The van der Waals surface area contributed by atoms with E-state index in [2.05, 4.69) is 19.2 Å². The van der Waals surface area contributed by atoms with Gasteiger partial charge in [0.05, 0.1) is 5.92 Å². The van der Waals surface area contributed by atoms with Gasteiger partial charge in [0.25, 0.3) is 0 Å². The van der Waals surface area contributed by atoms with Gasteiger partial charge >= 0.3 is 0 Å². The first-order chi connectivity index (χ1) is 9.42. The summed E-state index contributed by atoms with van der Waals surface area (Å²) < 4.78 is 0. The summed E-state index contributed by atoms with van der Waals surface area (Å²) in [5.74, 6) is -0.423. The van der Waals surface area contributed by atoms with Crippen LogP contribution in [-0.4, -0.2) is 11.8 Å². The molecule has 1 spiro atoms. The van der Waals surface area contributed by atoms with Gasteiger partial charge in [0.15, 0.2) is 0 Å². The lowest BCUT2D eigenvalue weighted by Gasteiger charge is -2.41. The molecule has 3 heteroatoms. The standard InChI is InChI=1S/C17H21NO2/c1-16(2)8-9-17(11-16)10-13(19)18-15(20)14(17)12-6-4-3-5-7-12/h3-7,14H,8-11H2,1-2H3,(H,18,19,20). The van der Waals surface area contributed by atoms with Gasteiger partial charge in [-0.15, -0.1) is 0 Å². The predicted octanol–water partition coefficient (Wildman–Crippen LogP) is 3.01. The lowest BCUT2D eigenvalue weighted by atomic mass is 9.65. The van der Waals surface area contributed by atoms with Crippen LogP contribution in [0.2, 0.25) is 0 Å². The number of piperidine rings is 1.